The first kappa shape index (κ1) is 9.53. The third-order valence-corrected chi connectivity index (χ3v) is 2.84. The molecule has 0 radical (unpaired) electrons. The van der Waals surface area contributed by atoms with Crippen LogP contribution in [0.1, 0.15) is 30.4 Å². The molecule has 0 bridgehead atoms. The number of nitrogens with one attached hydrogen (secondary N) is 1. The highest BCUT2D eigenvalue weighted by Crippen LogP contribution is 2.34. The summed E-state index contributed by atoms with van der Waals surface area (Å²) in [5, 5.41) is 3.43. The zero-order valence-corrected chi connectivity index (χ0v) is 8.88. The second-order valence-electron chi connectivity index (χ2n) is 4.38. The highest BCUT2D eigenvalue weighted by atomic mass is 14.9. The van der Waals surface area contributed by atoms with Crippen LogP contribution >= 0.6 is 0 Å². The number of nitrogens with two attached hydrogens (primary N) is 1. The molecular weight excluding hydrogens is 172 g/mol. The SMILES string of the molecule is Cc1ccc2c(c1)C(CC(C)N)CN2. The minimum absolute atomic E-state index is 0.285. The lowest BCUT2D eigenvalue weighted by molar-refractivity contribution is 0.584. The molecule has 14 heavy (non-hydrogen) atoms. The summed E-state index contributed by atoms with van der Waals surface area (Å²) in [5.41, 5.74) is 9.91. The van der Waals surface area contributed by atoms with Gasteiger partial charge in [-0.3, -0.25) is 0 Å². The van der Waals surface area contributed by atoms with Crippen LogP contribution in [0, 0.1) is 6.92 Å². The second kappa shape index (κ2) is 3.62. The van der Waals surface area contributed by atoms with Crippen molar-refractivity contribution >= 4 is 5.69 Å². The van der Waals surface area contributed by atoms with Gasteiger partial charge in [-0.15, -0.1) is 0 Å². The number of rotatable bonds is 2. The van der Waals surface area contributed by atoms with Gasteiger partial charge in [0.25, 0.3) is 0 Å². The maximum absolute atomic E-state index is 5.84. The Morgan fingerprint density at radius 3 is 3.07 bits per heavy atom. The van der Waals surface area contributed by atoms with Gasteiger partial charge in [-0.05, 0) is 31.9 Å². The molecule has 0 saturated heterocycles. The molecule has 0 amide bonds. The fourth-order valence-corrected chi connectivity index (χ4v) is 2.18. The summed E-state index contributed by atoms with van der Waals surface area (Å²) < 4.78 is 0. The van der Waals surface area contributed by atoms with E-state index in [0.29, 0.717) is 5.92 Å². The molecule has 0 aromatic heterocycles. The van der Waals surface area contributed by atoms with E-state index in [1.54, 1.807) is 0 Å². The van der Waals surface area contributed by atoms with Gasteiger partial charge >= 0.3 is 0 Å². The number of anilines is 1. The summed E-state index contributed by atoms with van der Waals surface area (Å²) in [6.45, 7) is 5.26. The molecule has 2 rings (SSSR count). The van der Waals surface area contributed by atoms with Crippen LogP contribution in [0.4, 0.5) is 5.69 Å². The van der Waals surface area contributed by atoms with E-state index in [2.05, 4.69) is 37.4 Å². The van der Waals surface area contributed by atoms with Crippen molar-refractivity contribution in [1.29, 1.82) is 0 Å². The molecule has 3 N–H and O–H groups in total. The van der Waals surface area contributed by atoms with E-state index >= 15 is 0 Å². The van der Waals surface area contributed by atoms with E-state index in [1.165, 1.54) is 16.8 Å². The van der Waals surface area contributed by atoms with E-state index in [4.69, 9.17) is 5.73 Å². The first-order chi connectivity index (χ1) is 6.66. The third-order valence-electron chi connectivity index (χ3n) is 2.84. The van der Waals surface area contributed by atoms with Crippen LogP contribution in [-0.2, 0) is 0 Å². The summed E-state index contributed by atoms with van der Waals surface area (Å²) >= 11 is 0. The molecule has 2 nitrogen and oxygen atoms in total. The van der Waals surface area contributed by atoms with Crippen LogP contribution < -0.4 is 11.1 Å². The Hall–Kier alpha value is -1.02. The van der Waals surface area contributed by atoms with Crippen LogP contribution in [0.5, 0.6) is 0 Å². The molecule has 0 aliphatic carbocycles. The molecule has 2 atom stereocenters. The first-order valence-corrected chi connectivity index (χ1v) is 5.27. The first-order valence-electron chi connectivity index (χ1n) is 5.27. The standard InChI is InChI=1S/C12H18N2/c1-8-3-4-12-11(5-8)10(7-14-12)6-9(2)13/h3-5,9-10,14H,6-7,13H2,1-2H3. The Kier molecular flexibility index (Phi) is 2.46. The van der Waals surface area contributed by atoms with Crippen molar-refractivity contribution in [2.45, 2.75) is 32.2 Å². The summed E-state index contributed by atoms with van der Waals surface area (Å²) in [6.07, 6.45) is 1.07. The Bertz CT molecular complexity index is 331. The van der Waals surface area contributed by atoms with E-state index < -0.39 is 0 Å². The van der Waals surface area contributed by atoms with Crippen molar-refractivity contribution in [1.82, 2.24) is 0 Å². The maximum atomic E-state index is 5.84. The molecule has 2 heteroatoms. The van der Waals surface area contributed by atoms with Gasteiger partial charge in [-0.2, -0.15) is 0 Å². The topological polar surface area (TPSA) is 38.0 Å². The minimum Gasteiger partial charge on any atom is -0.384 e. The van der Waals surface area contributed by atoms with Crippen molar-refractivity contribution in [3.8, 4) is 0 Å². The van der Waals surface area contributed by atoms with E-state index in [-0.39, 0.29) is 6.04 Å². The highest BCUT2D eigenvalue weighted by Gasteiger charge is 2.22. The molecule has 2 unspecified atom stereocenters. The summed E-state index contributed by atoms with van der Waals surface area (Å²) in [5.74, 6) is 0.602. The fourth-order valence-electron chi connectivity index (χ4n) is 2.18. The smallest absolute Gasteiger partial charge is 0.0376 e. The van der Waals surface area contributed by atoms with Gasteiger partial charge in [-0.25, -0.2) is 0 Å². The van der Waals surface area contributed by atoms with Crippen LogP contribution in [0.3, 0.4) is 0 Å². The summed E-state index contributed by atoms with van der Waals surface area (Å²) in [7, 11) is 0. The Morgan fingerprint density at radius 2 is 2.36 bits per heavy atom. The van der Waals surface area contributed by atoms with Crippen LogP contribution in [0.2, 0.25) is 0 Å². The van der Waals surface area contributed by atoms with Crippen molar-refractivity contribution in [2.75, 3.05) is 11.9 Å². The largest absolute Gasteiger partial charge is 0.384 e. The molecule has 0 spiro atoms. The number of hydrogen-bond donors (Lipinski definition) is 2. The van der Waals surface area contributed by atoms with E-state index in [1.807, 2.05) is 0 Å². The van der Waals surface area contributed by atoms with Crippen LogP contribution in [0.15, 0.2) is 18.2 Å². The number of benzene rings is 1. The molecule has 1 aliphatic heterocycles. The third kappa shape index (κ3) is 1.75. The lowest BCUT2D eigenvalue weighted by Gasteiger charge is -2.12. The van der Waals surface area contributed by atoms with Gasteiger partial charge in [0, 0.05) is 24.2 Å². The number of hydrogen-bond acceptors (Lipinski definition) is 2. The van der Waals surface area contributed by atoms with Gasteiger partial charge in [0.2, 0.25) is 0 Å². The van der Waals surface area contributed by atoms with Gasteiger partial charge in [-0.1, -0.05) is 17.7 Å². The average molecular weight is 190 g/mol. The molecule has 1 heterocycles. The van der Waals surface area contributed by atoms with Crippen LogP contribution in [0.25, 0.3) is 0 Å². The Morgan fingerprint density at radius 1 is 1.57 bits per heavy atom. The number of aryl methyl sites for hydroxylation is 1. The monoisotopic (exact) mass is 190 g/mol. The van der Waals surface area contributed by atoms with Crippen molar-refractivity contribution < 1.29 is 0 Å². The zero-order valence-electron chi connectivity index (χ0n) is 8.88. The summed E-state index contributed by atoms with van der Waals surface area (Å²) in [4.78, 5) is 0. The lowest BCUT2D eigenvalue weighted by Crippen LogP contribution is -2.19. The van der Waals surface area contributed by atoms with Crippen LogP contribution in [-0.4, -0.2) is 12.6 Å². The lowest BCUT2D eigenvalue weighted by atomic mass is 9.94. The van der Waals surface area contributed by atoms with Gasteiger partial charge in [0.15, 0.2) is 0 Å². The molecule has 1 aromatic carbocycles. The number of fused-ring (bicyclic) bond motifs is 1. The zero-order chi connectivity index (χ0) is 10.1. The van der Waals surface area contributed by atoms with Crippen molar-refractivity contribution in [3.63, 3.8) is 0 Å². The molecule has 0 fully saturated rings. The predicted molar refractivity (Wildman–Crippen MR) is 60.7 cm³/mol. The second-order valence-corrected chi connectivity index (χ2v) is 4.38. The Labute approximate surface area is 85.5 Å². The molecule has 1 aromatic rings. The van der Waals surface area contributed by atoms with E-state index in [0.717, 1.165) is 13.0 Å². The van der Waals surface area contributed by atoms with Gasteiger partial charge in [0.1, 0.15) is 0 Å². The fraction of sp³-hybridized carbons (Fsp3) is 0.500. The van der Waals surface area contributed by atoms with Crippen molar-refractivity contribution in [2.24, 2.45) is 5.73 Å². The van der Waals surface area contributed by atoms with E-state index in [9.17, 15) is 0 Å². The normalized spacial score (nSPS) is 21.5. The van der Waals surface area contributed by atoms with Crippen molar-refractivity contribution in [3.05, 3.63) is 29.3 Å². The molecule has 1 aliphatic rings. The molecule has 76 valence electrons. The molecular formula is C12H18N2. The Balaban J connectivity index is 2.24. The minimum atomic E-state index is 0.285. The average Bonchev–Trinajstić information content (AvgIpc) is 2.47. The maximum Gasteiger partial charge on any atom is 0.0376 e. The van der Waals surface area contributed by atoms with Gasteiger partial charge < -0.3 is 11.1 Å². The summed E-state index contributed by atoms with van der Waals surface area (Å²) in [6, 6.07) is 6.89. The highest BCUT2D eigenvalue weighted by molar-refractivity contribution is 5.58. The van der Waals surface area contributed by atoms with Gasteiger partial charge in [0.05, 0.1) is 0 Å². The quantitative estimate of drug-likeness (QED) is 0.750. The molecule has 0 saturated carbocycles. The predicted octanol–water partition coefficient (Wildman–Crippen LogP) is 2.24.